The molecular weight excluding hydrogens is 502 g/mol. The normalized spacial score (nSPS) is 12.5. The zero-order valence-corrected chi connectivity index (χ0v) is 24.6. The molecule has 0 bridgehead atoms. The Hall–Kier alpha value is -4.57. The maximum atomic E-state index is 6.35. The van der Waals surface area contributed by atoms with Crippen LogP contribution < -0.4 is 0 Å². The van der Waals surface area contributed by atoms with E-state index in [4.69, 9.17) is 14.4 Å². The van der Waals surface area contributed by atoms with Crippen LogP contribution in [0.25, 0.3) is 44.6 Å². The van der Waals surface area contributed by atoms with Gasteiger partial charge in [-0.15, -0.1) is 0 Å². The number of nitrogens with zero attached hydrogens (tertiary/aromatic N) is 3. The fourth-order valence-corrected chi connectivity index (χ4v) is 5.12. The topological polar surface area (TPSA) is 51.3 Å². The van der Waals surface area contributed by atoms with Gasteiger partial charge >= 0.3 is 0 Å². The highest BCUT2D eigenvalue weighted by Crippen LogP contribution is 2.37. The minimum atomic E-state index is 0.0395. The number of benzene rings is 4. The van der Waals surface area contributed by atoms with Crippen molar-refractivity contribution in [3.8, 4) is 22.6 Å². The van der Waals surface area contributed by atoms with Crippen molar-refractivity contribution in [1.29, 1.82) is 0 Å². The lowest BCUT2D eigenvalue weighted by atomic mass is 9.79. The summed E-state index contributed by atoms with van der Waals surface area (Å²) in [6, 6.07) is 31.1. The zero-order valence-electron chi connectivity index (χ0n) is 24.6. The molecule has 2 heterocycles. The van der Waals surface area contributed by atoms with Crippen LogP contribution in [0, 0.1) is 0 Å². The molecule has 41 heavy (non-hydrogen) atoms. The predicted octanol–water partition coefficient (Wildman–Crippen LogP) is 10.1. The van der Waals surface area contributed by atoms with E-state index >= 15 is 0 Å². The third kappa shape index (κ3) is 5.30. The molecule has 0 aliphatic heterocycles. The van der Waals surface area contributed by atoms with E-state index in [0.29, 0.717) is 5.89 Å². The molecule has 6 rings (SSSR count). The second-order valence-electron chi connectivity index (χ2n) is 12.7. The van der Waals surface area contributed by atoms with Crippen molar-refractivity contribution in [2.24, 2.45) is 4.99 Å². The Kier molecular flexibility index (Phi) is 6.57. The Balaban J connectivity index is 1.43. The SMILES string of the molecule is CC(C)(C)c1cc(C=Nc2ccccc2-c2nc3c(-c4ccnc5ccccc45)cccc3o2)cc(C(C)(C)C)c1. The van der Waals surface area contributed by atoms with Crippen LogP contribution >= 0.6 is 0 Å². The van der Waals surface area contributed by atoms with E-state index in [0.717, 1.165) is 49.9 Å². The Labute approximate surface area is 241 Å². The lowest BCUT2D eigenvalue weighted by Gasteiger charge is -2.25. The quantitative estimate of drug-likeness (QED) is 0.210. The second-order valence-corrected chi connectivity index (χ2v) is 12.7. The molecule has 0 radical (unpaired) electrons. The molecule has 0 amide bonds. The van der Waals surface area contributed by atoms with Gasteiger partial charge in [-0.2, -0.15) is 0 Å². The number of pyridine rings is 1. The Morgan fingerprint density at radius 3 is 2.12 bits per heavy atom. The van der Waals surface area contributed by atoms with E-state index in [1.165, 1.54) is 11.1 Å². The van der Waals surface area contributed by atoms with Crippen molar-refractivity contribution in [1.82, 2.24) is 9.97 Å². The fraction of sp³-hybridized carbons (Fsp3) is 0.216. The van der Waals surface area contributed by atoms with E-state index in [1.54, 1.807) is 0 Å². The lowest BCUT2D eigenvalue weighted by molar-refractivity contribution is 0.568. The van der Waals surface area contributed by atoms with E-state index in [1.807, 2.05) is 73.1 Å². The molecule has 4 nitrogen and oxygen atoms in total. The van der Waals surface area contributed by atoms with Crippen LogP contribution in [0.2, 0.25) is 0 Å². The van der Waals surface area contributed by atoms with Crippen LogP contribution in [0.5, 0.6) is 0 Å². The number of para-hydroxylation sites is 3. The van der Waals surface area contributed by atoms with Gasteiger partial charge in [-0.1, -0.05) is 90.1 Å². The molecule has 0 fully saturated rings. The highest BCUT2D eigenvalue weighted by molar-refractivity contribution is 6.02. The smallest absolute Gasteiger partial charge is 0.229 e. The molecule has 0 aliphatic carbocycles. The number of aromatic nitrogens is 2. The molecule has 0 spiro atoms. The standard InChI is InChI=1S/C37H35N3O/c1-36(2,3)25-20-24(21-26(22-25)37(4,5)6)23-39-32-16-10-8-13-30(32)35-40-34-29(14-11-17-33(34)41-35)27-18-19-38-31-15-9-7-12-28(27)31/h7-23H,1-6H3. The average Bonchev–Trinajstić information content (AvgIpc) is 3.39. The summed E-state index contributed by atoms with van der Waals surface area (Å²) in [5.74, 6) is 0.553. The van der Waals surface area contributed by atoms with E-state index in [-0.39, 0.29) is 10.8 Å². The van der Waals surface area contributed by atoms with Gasteiger partial charge in [0, 0.05) is 23.4 Å². The summed E-state index contributed by atoms with van der Waals surface area (Å²) in [6.45, 7) is 13.5. The second kappa shape index (κ2) is 10.1. The molecule has 204 valence electrons. The minimum Gasteiger partial charge on any atom is -0.436 e. The summed E-state index contributed by atoms with van der Waals surface area (Å²) in [4.78, 5) is 14.5. The first-order valence-corrected chi connectivity index (χ1v) is 14.1. The van der Waals surface area contributed by atoms with Gasteiger partial charge in [-0.05, 0) is 75.5 Å². The molecule has 0 aliphatic rings. The van der Waals surface area contributed by atoms with Crippen molar-refractivity contribution < 1.29 is 4.42 Å². The van der Waals surface area contributed by atoms with Crippen LogP contribution in [0.1, 0.15) is 58.2 Å². The van der Waals surface area contributed by atoms with Crippen molar-refractivity contribution in [3.63, 3.8) is 0 Å². The maximum Gasteiger partial charge on any atom is 0.229 e. The molecule has 0 unspecified atom stereocenters. The van der Waals surface area contributed by atoms with Gasteiger partial charge in [0.25, 0.3) is 0 Å². The fourth-order valence-electron chi connectivity index (χ4n) is 5.12. The first kappa shape index (κ1) is 26.6. The Morgan fingerprint density at radius 2 is 1.37 bits per heavy atom. The first-order chi connectivity index (χ1) is 19.6. The summed E-state index contributed by atoms with van der Waals surface area (Å²) < 4.78 is 6.35. The highest BCUT2D eigenvalue weighted by Gasteiger charge is 2.21. The third-order valence-corrected chi connectivity index (χ3v) is 7.53. The minimum absolute atomic E-state index is 0.0395. The number of oxazole rings is 1. The van der Waals surface area contributed by atoms with Crippen LogP contribution in [0.4, 0.5) is 5.69 Å². The summed E-state index contributed by atoms with van der Waals surface area (Å²) in [6.07, 6.45) is 3.81. The highest BCUT2D eigenvalue weighted by atomic mass is 16.3. The van der Waals surface area contributed by atoms with Gasteiger partial charge in [0.15, 0.2) is 5.58 Å². The molecule has 0 saturated carbocycles. The summed E-state index contributed by atoms with van der Waals surface area (Å²) in [5.41, 5.74) is 10.1. The molecule has 0 saturated heterocycles. The van der Waals surface area contributed by atoms with Gasteiger partial charge < -0.3 is 4.42 Å². The lowest BCUT2D eigenvalue weighted by Crippen LogP contribution is -2.17. The van der Waals surface area contributed by atoms with Gasteiger partial charge in [-0.25, -0.2) is 4.98 Å². The molecule has 6 aromatic rings. The molecule has 0 N–H and O–H groups in total. The van der Waals surface area contributed by atoms with Crippen molar-refractivity contribution in [2.45, 2.75) is 52.4 Å². The number of hydrogen-bond donors (Lipinski definition) is 0. The molecule has 2 aromatic heterocycles. The van der Waals surface area contributed by atoms with Crippen molar-refractivity contribution in [2.75, 3.05) is 0 Å². The van der Waals surface area contributed by atoms with Gasteiger partial charge in [0.2, 0.25) is 5.89 Å². The molecule has 0 atom stereocenters. The van der Waals surface area contributed by atoms with Crippen molar-refractivity contribution in [3.05, 3.63) is 114 Å². The number of fused-ring (bicyclic) bond motifs is 2. The number of rotatable bonds is 4. The maximum absolute atomic E-state index is 6.35. The van der Waals surface area contributed by atoms with Crippen LogP contribution in [-0.4, -0.2) is 16.2 Å². The monoisotopic (exact) mass is 537 g/mol. The van der Waals surface area contributed by atoms with E-state index in [9.17, 15) is 0 Å². The Morgan fingerprint density at radius 1 is 0.683 bits per heavy atom. The van der Waals surface area contributed by atoms with Crippen LogP contribution in [0.3, 0.4) is 0 Å². The van der Waals surface area contributed by atoms with Gasteiger partial charge in [0.05, 0.1) is 16.8 Å². The largest absolute Gasteiger partial charge is 0.436 e. The van der Waals surface area contributed by atoms with Crippen LogP contribution in [0.15, 0.2) is 107 Å². The predicted molar refractivity (Wildman–Crippen MR) is 171 cm³/mol. The molecule has 4 aromatic carbocycles. The average molecular weight is 538 g/mol. The van der Waals surface area contributed by atoms with E-state index < -0.39 is 0 Å². The summed E-state index contributed by atoms with van der Waals surface area (Å²) >= 11 is 0. The van der Waals surface area contributed by atoms with Gasteiger partial charge in [0.1, 0.15) is 5.52 Å². The number of hydrogen-bond acceptors (Lipinski definition) is 4. The Bertz CT molecular complexity index is 1880. The number of aliphatic imine (C=N–C) groups is 1. The first-order valence-electron chi connectivity index (χ1n) is 14.1. The van der Waals surface area contributed by atoms with Crippen molar-refractivity contribution >= 4 is 33.9 Å². The van der Waals surface area contributed by atoms with Gasteiger partial charge in [-0.3, -0.25) is 9.98 Å². The molecular formula is C37H35N3O. The third-order valence-electron chi connectivity index (χ3n) is 7.53. The van der Waals surface area contributed by atoms with Crippen LogP contribution in [-0.2, 0) is 10.8 Å². The summed E-state index contributed by atoms with van der Waals surface area (Å²) in [5, 5.41) is 1.09. The van der Waals surface area contributed by atoms with E-state index in [2.05, 4.69) is 76.9 Å². The molecule has 4 heteroatoms. The summed E-state index contributed by atoms with van der Waals surface area (Å²) in [7, 11) is 0. The zero-order chi connectivity index (χ0) is 28.8.